The van der Waals surface area contributed by atoms with Crippen LogP contribution < -0.4 is 10.6 Å². The van der Waals surface area contributed by atoms with Crippen LogP contribution in [0, 0.1) is 5.82 Å². The van der Waals surface area contributed by atoms with Crippen molar-refractivity contribution in [2.45, 2.75) is 6.18 Å². The van der Waals surface area contributed by atoms with E-state index in [1.165, 1.54) is 0 Å². The van der Waals surface area contributed by atoms with Crippen molar-refractivity contribution in [1.82, 2.24) is 0 Å². The van der Waals surface area contributed by atoms with Crippen LogP contribution in [0.25, 0.3) is 10.8 Å². The van der Waals surface area contributed by atoms with Crippen LogP contribution in [0.15, 0.2) is 60.7 Å². The van der Waals surface area contributed by atoms with E-state index in [1.54, 1.807) is 6.07 Å². The molecule has 128 valence electrons. The van der Waals surface area contributed by atoms with E-state index in [2.05, 4.69) is 10.6 Å². The van der Waals surface area contributed by atoms with Crippen LogP contribution >= 0.6 is 12.2 Å². The number of alkyl halides is 3. The molecule has 2 N–H and O–H groups in total. The SMILES string of the molecule is Fc1ccc(C(F)(F)F)cc1NC(=S)Nc1cccc2ccccc12. The Bertz CT molecular complexity index is 933. The fourth-order valence-electron chi connectivity index (χ4n) is 2.41. The van der Waals surface area contributed by atoms with E-state index in [4.69, 9.17) is 12.2 Å². The van der Waals surface area contributed by atoms with Crippen LogP contribution in [0.5, 0.6) is 0 Å². The van der Waals surface area contributed by atoms with Crippen LogP contribution in [0.2, 0.25) is 0 Å². The Balaban J connectivity index is 1.83. The van der Waals surface area contributed by atoms with Gasteiger partial charge in [0.2, 0.25) is 0 Å². The zero-order chi connectivity index (χ0) is 18.0. The van der Waals surface area contributed by atoms with Crippen LogP contribution in [0.1, 0.15) is 5.56 Å². The first kappa shape index (κ1) is 17.2. The number of hydrogen-bond acceptors (Lipinski definition) is 1. The lowest BCUT2D eigenvalue weighted by Crippen LogP contribution is -2.20. The van der Waals surface area contributed by atoms with Crippen LogP contribution in [0.3, 0.4) is 0 Å². The maximum atomic E-state index is 13.8. The lowest BCUT2D eigenvalue weighted by atomic mass is 10.1. The molecule has 0 saturated carbocycles. The molecule has 0 aliphatic rings. The lowest BCUT2D eigenvalue weighted by molar-refractivity contribution is -0.137. The van der Waals surface area contributed by atoms with Gasteiger partial charge in [-0.1, -0.05) is 36.4 Å². The summed E-state index contributed by atoms with van der Waals surface area (Å²) in [6.07, 6.45) is -4.56. The summed E-state index contributed by atoms with van der Waals surface area (Å²) in [5.41, 5.74) is -0.625. The number of benzene rings is 3. The average molecular weight is 364 g/mol. The molecule has 0 aliphatic carbocycles. The third-order valence-corrected chi connectivity index (χ3v) is 3.78. The van der Waals surface area contributed by atoms with Crippen molar-refractivity contribution in [3.63, 3.8) is 0 Å². The number of fused-ring (bicyclic) bond motifs is 1. The van der Waals surface area contributed by atoms with Crippen LogP contribution in [-0.2, 0) is 6.18 Å². The maximum absolute atomic E-state index is 13.8. The molecule has 0 heterocycles. The normalized spacial score (nSPS) is 11.4. The summed E-state index contributed by atoms with van der Waals surface area (Å²) >= 11 is 5.11. The molecule has 0 amide bonds. The highest BCUT2D eigenvalue weighted by atomic mass is 32.1. The van der Waals surface area contributed by atoms with E-state index < -0.39 is 17.6 Å². The molecule has 2 nitrogen and oxygen atoms in total. The topological polar surface area (TPSA) is 24.1 Å². The number of rotatable bonds is 2. The molecule has 0 aliphatic heterocycles. The van der Waals surface area contributed by atoms with E-state index in [0.717, 1.165) is 16.8 Å². The predicted molar refractivity (Wildman–Crippen MR) is 95.2 cm³/mol. The van der Waals surface area contributed by atoms with Gasteiger partial charge in [0.15, 0.2) is 5.11 Å². The van der Waals surface area contributed by atoms with Gasteiger partial charge in [0.05, 0.1) is 11.3 Å². The molecule has 3 aromatic rings. The average Bonchev–Trinajstić information content (AvgIpc) is 2.56. The molecular formula is C18H12F4N2S. The highest BCUT2D eigenvalue weighted by molar-refractivity contribution is 7.80. The summed E-state index contributed by atoms with van der Waals surface area (Å²) in [5, 5.41) is 7.23. The monoisotopic (exact) mass is 364 g/mol. The maximum Gasteiger partial charge on any atom is 0.416 e. The number of hydrogen-bond donors (Lipinski definition) is 2. The van der Waals surface area contributed by atoms with E-state index in [9.17, 15) is 17.6 Å². The molecule has 0 atom stereocenters. The van der Waals surface area contributed by atoms with Gasteiger partial charge in [-0.2, -0.15) is 13.2 Å². The second-order valence-electron chi connectivity index (χ2n) is 5.30. The first-order valence-corrected chi connectivity index (χ1v) is 7.68. The van der Waals surface area contributed by atoms with E-state index >= 15 is 0 Å². The van der Waals surface area contributed by atoms with Crippen molar-refractivity contribution >= 4 is 39.5 Å². The minimum absolute atomic E-state index is 0.00502. The number of halogens is 4. The molecule has 0 spiro atoms. The predicted octanol–water partition coefficient (Wildman–Crippen LogP) is 5.81. The fourth-order valence-corrected chi connectivity index (χ4v) is 2.63. The van der Waals surface area contributed by atoms with Crippen LogP contribution in [0.4, 0.5) is 28.9 Å². The first-order valence-electron chi connectivity index (χ1n) is 7.27. The molecule has 0 fully saturated rings. The second-order valence-corrected chi connectivity index (χ2v) is 5.71. The number of thiocarbonyl (C=S) groups is 1. The largest absolute Gasteiger partial charge is 0.416 e. The summed E-state index contributed by atoms with van der Waals surface area (Å²) in [7, 11) is 0. The van der Waals surface area contributed by atoms with Crippen molar-refractivity contribution < 1.29 is 17.6 Å². The van der Waals surface area contributed by atoms with Gasteiger partial charge in [-0.05, 0) is 41.9 Å². The molecule has 0 aromatic heterocycles. The first-order chi connectivity index (χ1) is 11.8. The molecule has 25 heavy (non-hydrogen) atoms. The Morgan fingerprint density at radius 2 is 1.52 bits per heavy atom. The Labute approximate surface area is 146 Å². The second kappa shape index (κ2) is 6.68. The summed E-state index contributed by atoms with van der Waals surface area (Å²) in [6, 6.07) is 15.2. The van der Waals surface area contributed by atoms with Gasteiger partial charge in [-0.25, -0.2) is 4.39 Å². The minimum atomic E-state index is -4.56. The third-order valence-electron chi connectivity index (χ3n) is 3.58. The molecule has 0 bridgehead atoms. The van der Waals surface area contributed by atoms with Crippen molar-refractivity contribution in [2.75, 3.05) is 10.6 Å². The van der Waals surface area contributed by atoms with Gasteiger partial charge in [-0.15, -0.1) is 0 Å². The van der Waals surface area contributed by atoms with Gasteiger partial charge in [0, 0.05) is 11.1 Å². The van der Waals surface area contributed by atoms with E-state index in [1.807, 2.05) is 36.4 Å². The zero-order valence-electron chi connectivity index (χ0n) is 12.7. The Morgan fingerprint density at radius 3 is 2.28 bits per heavy atom. The van der Waals surface area contributed by atoms with Gasteiger partial charge in [-0.3, -0.25) is 0 Å². The molecule has 0 saturated heterocycles. The third kappa shape index (κ3) is 3.88. The van der Waals surface area contributed by atoms with E-state index in [0.29, 0.717) is 17.8 Å². The standard InChI is InChI=1S/C18H12F4N2S/c19-14-9-8-12(18(20,21)22)10-16(14)24-17(25)23-15-7-3-5-11-4-1-2-6-13(11)15/h1-10H,(H2,23,24,25). The van der Waals surface area contributed by atoms with Gasteiger partial charge < -0.3 is 10.6 Å². The highest BCUT2D eigenvalue weighted by Crippen LogP contribution is 2.32. The van der Waals surface area contributed by atoms with Crippen molar-refractivity contribution in [3.05, 3.63) is 72.0 Å². The quantitative estimate of drug-likeness (QED) is 0.443. The summed E-state index contributed by atoms with van der Waals surface area (Å²) < 4.78 is 52.1. The molecule has 0 radical (unpaired) electrons. The van der Waals surface area contributed by atoms with Crippen LogP contribution in [-0.4, -0.2) is 5.11 Å². The Morgan fingerprint density at radius 1 is 0.840 bits per heavy atom. The van der Waals surface area contributed by atoms with E-state index in [-0.39, 0.29) is 10.8 Å². The summed E-state index contributed by atoms with van der Waals surface area (Å²) in [5.74, 6) is -0.824. The molecule has 7 heteroatoms. The number of nitrogens with one attached hydrogen (secondary N) is 2. The lowest BCUT2D eigenvalue weighted by Gasteiger charge is -2.14. The fraction of sp³-hybridized carbons (Fsp3) is 0.0556. The minimum Gasteiger partial charge on any atom is -0.332 e. The Kier molecular flexibility index (Phi) is 4.59. The molecule has 3 rings (SSSR count). The number of anilines is 2. The zero-order valence-corrected chi connectivity index (χ0v) is 13.5. The van der Waals surface area contributed by atoms with Crippen molar-refractivity contribution in [3.8, 4) is 0 Å². The van der Waals surface area contributed by atoms with Gasteiger partial charge in [0.1, 0.15) is 5.82 Å². The molecule has 3 aromatic carbocycles. The van der Waals surface area contributed by atoms with Crippen molar-refractivity contribution in [2.24, 2.45) is 0 Å². The summed E-state index contributed by atoms with van der Waals surface area (Å²) in [4.78, 5) is 0. The summed E-state index contributed by atoms with van der Waals surface area (Å²) in [6.45, 7) is 0. The molecular weight excluding hydrogens is 352 g/mol. The molecule has 0 unspecified atom stereocenters. The smallest absolute Gasteiger partial charge is 0.332 e. The van der Waals surface area contributed by atoms with Gasteiger partial charge in [0.25, 0.3) is 0 Å². The highest BCUT2D eigenvalue weighted by Gasteiger charge is 2.31. The Hall–Kier alpha value is -2.67. The van der Waals surface area contributed by atoms with Gasteiger partial charge >= 0.3 is 6.18 Å². The van der Waals surface area contributed by atoms with Crippen molar-refractivity contribution in [1.29, 1.82) is 0 Å².